The minimum Gasteiger partial charge on any atom is -0.394 e. The Labute approximate surface area is 118 Å². The van der Waals surface area contributed by atoms with Gasteiger partial charge in [-0.25, -0.2) is 4.99 Å². The van der Waals surface area contributed by atoms with Crippen molar-refractivity contribution >= 4 is 29.2 Å². The van der Waals surface area contributed by atoms with E-state index in [0.717, 1.165) is 11.8 Å². The lowest BCUT2D eigenvalue weighted by Gasteiger charge is -2.37. The maximum absolute atomic E-state index is 11.5. The Hall–Kier alpha value is -1.20. The van der Waals surface area contributed by atoms with Gasteiger partial charge >= 0.3 is 0 Å². The van der Waals surface area contributed by atoms with E-state index in [1.165, 1.54) is 11.2 Å². The van der Waals surface area contributed by atoms with Gasteiger partial charge in [0, 0.05) is 0 Å². The molecule has 10 heteroatoms. The highest BCUT2D eigenvalue weighted by atomic mass is 32.2. The van der Waals surface area contributed by atoms with Gasteiger partial charge in [0.05, 0.1) is 12.9 Å². The third-order valence-corrected chi connectivity index (χ3v) is 4.59. The molecule has 20 heavy (non-hydrogen) atoms. The predicted molar refractivity (Wildman–Crippen MR) is 69.5 cm³/mol. The smallest absolute Gasteiger partial charge is 0.281 e. The molecule has 6 atom stereocenters. The van der Waals surface area contributed by atoms with Crippen LogP contribution in [0.5, 0.6) is 0 Å². The molecule has 110 valence electrons. The van der Waals surface area contributed by atoms with E-state index >= 15 is 0 Å². The molecule has 3 aliphatic rings. The van der Waals surface area contributed by atoms with Crippen molar-refractivity contribution in [1.82, 2.24) is 10.2 Å². The lowest BCUT2D eigenvalue weighted by Crippen LogP contribution is -2.58. The van der Waals surface area contributed by atoms with E-state index in [1.54, 1.807) is 0 Å². The summed E-state index contributed by atoms with van der Waals surface area (Å²) in [6, 6.07) is 0. The van der Waals surface area contributed by atoms with Crippen molar-refractivity contribution in [3.05, 3.63) is 0 Å². The van der Waals surface area contributed by atoms with Crippen LogP contribution in [0.2, 0.25) is 0 Å². The third kappa shape index (κ3) is 2.00. The second-order valence-corrected chi connectivity index (χ2v) is 5.84. The molecule has 0 aliphatic carbocycles. The second kappa shape index (κ2) is 4.97. The summed E-state index contributed by atoms with van der Waals surface area (Å²) >= 11 is 0.950. The number of hydrogen-bond donors (Lipinski definition) is 5. The molecular formula is C10H14N4O5S. The van der Waals surface area contributed by atoms with Crippen LogP contribution in [0.25, 0.3) is 0 Å². The highest BCUT2D eigenvalue weighted by Crippen LogP contribution is 2.33. The average Bonchev–Trinajstić information content (AvgIpc) is 2.94. The van der Waals surface area contributed by atoms with Gasteiger partial charge in [0.15, 0.2) is 6.23 Å². The van der Waals surface area contributed by atoms with Crippen molar-refractivity contribution in [2.24, 2.45) is 4.99 Å². The second-order valence-electron chi connectivity index (χ2n) is 4.72. The lowest BCUT2D eigenvalue weighted by molar-refractivity contribution is -0.0822. The van der Waals surface area contributed by atoms with E-state index in [0.29, 0.717) is 0 Å². The number of amidine groups is 1. The Balaban J connectivity index is 1.85. The quantitative estimate of drug-likeness (QED) is 0.394. The number of amides is 1. The first kappa shape index (κ1) is 13.8. The number of aliphatic hydroxyl groups excluding tert-OH is 3. The molecule has 9 nitrogen and oxygen atoms in total. The number of fused-ring (bicyclic) bond motifs is 1. The minimum absolute atomic E-state index is 0.0568. The Kier molecular flexibility index (Phi) is 3.42. The van der Waals surface area contributed by atoms with Crippen molar-refractivity contribution in [2.45, 2.75) is 36.0 Å². The Bertz CT molecular complexity index is 475. The first-order valence-electron chi connectivity index (χ1n) is 6.02. The molecule has 1 amide bonds. The van der Waals surface area contributed by atoms with Gasteiger partial charge in [-0.2, -0.15) is 0 Å². The maximum Gasteiger partial charge on any atom is 0.281 e. The number of aliphatic imine (C=N–C) groups is 1. The van der Waals surface area contributed by atoms with Gasteiger partial charge in [0.25, 0.3) is 5.24 Å². The van der Waals surface area contributed by atoms with Gasteiger partial charge in [-0.05, 0) is 11.8 Å². The summed E-state index contributed by atoms with van der Waals surface area (Å²) in [7, 11) is 0. The Morgan fingerprint density at radius 3 is 2.90 bits per heavy atom. The summed E-state index contributed by atoms with van der Waals surface area (Å²) < 4.78 is 5.41. The summed E-state index contributed by atoms with van der Waals surface area (Å²) in [5.41, 5.74) is 0. The number of carbonyl (C=O) groups is 1. The van der Waals surface area contributed by atoms with Gasteiger partial charge in [0.2, 0.25) is 0 Å². The van der Waals surface area contributed by atoms with Gasteiger partial charge in [-0.1, -0.05) is 0 Å². The maximum atomic E-state index is 11.5. The fourth-order valence-electron chi connectivity index (χ4n) is 2.47. The summed E-state index contributed by atoms with van der Waals surface area (Å²) in [5, 5.41) is 38.4. The SMILES string of the molecule is N=C1N=CN([C@@H]2O[C@H](CO)[C@@H](O)[C@H]2O)C2NC(=O)SC12. The highest BCUT2D eigenvalue weighted by Gasteiger charge is 2.51. The fraction of sp³-hybridized carbons (Fsp3) is 0.700. The van der Waals surface area contributed by atoms with Gasteiger partial charge < -0.3 is 30.3 Å². The van der Waals surface area contributed by atoms with Crippen molar-refractivity contribution in [3.63, 3.8) is 0 Å². The molecule has 0 saturated carbocycles. The van der Waals surface area contributed by atoms with Crippen LogP contribution in [-0.2, 0) is 4.74 Å². The van der Waals surface area contributed by atoms with E-state index in [4.69, 9.17) is 15.3 Å². The van der Waals surface area contributed by atoms with Gasteiger partial charge in [-0.3, -0.25) is 10.2 Å². The molecule has 5 N–H and O–H groups in total. The van der Waals surface area contributed by atoms with Gasteiger partial charge in [-0.15, -0.1) is 0 Å². The van der Waals surface area contributed by atoms with Crippen molar-refractivity contribution in [3.8, 4) is 0 Å². The van der Waals surface area contributed by atoms with Crippen LogP contribution in [0.1, 0.15) is 0 Å². The fourth-order valence-corrected chi connectivity index (χ4v) is 3.40. The van der Waals surface area contributed by atoms with Crippen LogP contribution >= 0.6 is 11.8 Å². The number of thioether (sulfide) groups is 1. The first-order chi connectivity index (χ1) is 9.52. The number of rotatable bonds is 2. The van der Waals surface area contributed by atoms with Crippen molar-refractivity contribution in [1.29, 1.82) is 5.41 Å². The standard InChI is InChI=1S/C10H14N4O5S/c11-7-6-8(13-10(18)20-6)14(2-12-7)9-5(17)4(16)3(1-15)19-9/h2-6,8-9,11,15-17H,1H2,(H,13,18)/t3-,4-,5-,6?,8?,9-/m1/s1. The molecular weight excluding hydrogens is 288 g/mol. The molecule has 2 fully saturated rings. The van der Waals surface area contributed by atoms with Crippen LogP contribution in [-0.4, -0.2) is 80.2 Å². The van der Waals surface area contributed by atoms with E-state index in [1.807, 2.05) is 0 Å². The van der Waals surface area contributed by atoms with Crippen LogP contribution in [0.15, 0.2) is 4.99 Å². The van der Waals surface area contributed by atoms with Crippen LogP contribution in [0.3, 0.4) is 0 Å². The molecule has 3 heterocycles. The molecule has 2 saturated heterocycles. The number of nitrogens with one attached hydrogen (secondary N) is 2. The van der Waals surface area contributed by atoms with Gasteiger partial charge in [0.1, 0.15) is 35.6 Å². The van der Waals surface area contributed by atoms with Crippen LogP contribution in [0, 0.1) is 5.41 Å². The summed E-state index contributed by atoms with van der Waals surface area (Å²) in [6.45, 7) is -0.426. The Morgan fingerprint density at radius 2 is 2.25 bits per heavy atom. The number of hydrogen-bond acceptors (Lipinski definition) is 8. The number of carbonyl (C=O) groups excluding carboxylic acids is 1. The zero-order chi connectivity index (χ0) is 14.4. The topological polar surface area (TPSA) is 138 Å². The van der Waals surface area contributed by atoms with E-state index in [2.05, 4.69) is 10.3 Å². The molecule has 0 radical (unpaired) electrons. The van der Waals surface area contributed by atoms with Crippen molar-refractivity contribution in [2.75, 3.05) is 6.61 Å². The zero-order valence-corrected chi connectivity index (χ0v) is 11.0. The molecule has 0 spiro atoms. The van der Waals surface area contributed by atoms with Crippen molar-refractivity contribution < 1.29 is 24.9 Å². The van der Waals surface area contributed by atoms with E-state index in [9.17, 15) is 15.0 Å². The van der Waals surface area contributed by atoms with E-state index < -0.39 is 42.6 Å². The van der Waals surface area contributed by atoms with Crippen LogP contribution < -0.4 is 5.32 Å². The molecule has 0 bridgehead atoms. The zero-order valence-electron chi connectivity index (χ0n) is 10.2. The monoisotopic (exact) mass is 302 g/mol. The lowest BCUT2D eigenvalue weighted by atomic mass is 10.1. The molecule has 3 rings (SSSR count). The van der Waals surface area contributed by atoms with Crippen LogP contribution in [0.4, 0.5) is 4.79 Å². The molecule has 0 aromatic rings. The molecule has 0 aromatic carbocycles. The summed E-state index contributed by atoms with van der Waals surface area (Å²) in [5.74, 6) is 0.0568. The molecule has 3 aliphatic heterocycles. The predicted octanol–water partition coefficient (Wildman–Crippen LogP) is -2.10. The normalized spacial score (nSPS) is 43.9. The highest BCUT2D eigenvalue weighted by molar-refractivity contribution is 8.15. The molecule has 2 unspecified atom stereocenters. The Morgan fingerprint density at radius 1 is 1.50 bits per heavy atom. The molecule has 0 aromatic heterocycles. The third-order valence-electron chi connectivity index (χ3n) is 3.52. The largest absolute Gasteiger partial charge is 0.394 e. The number of ether oxygens (including phenoxy) is 1. The minimum atomic E-state index is -1.24. The summed E-state index contributed by atoms with van der Waals surface area (Å²) in [6.07, 6.45) is -3.56. The summed E-state index contributed by atoms with van der Waals surface area (Å²) in [4.78, 5) is 16.8. The van der Waals surface area contributed by atoms with E-state index in [-0.39, 0.29) is 11.1 Å². The first-order valence-corrected chi connectivity index (χ1v) is 6.90. The average molecular weight is 302 g/mol. The number of aliphatic hydroxyl groups is 3. The number of nitrogens with zero attached hydrogens (tertiary/aromatic N) is 2.